The fraction of sp³-hybridized carbons (Fsp3) is 0.308. The number of nitrogens with zero attached hydrogens (tertiary/aromatic N) is 3. The van der Waals surface area contributed by atoms with Gasteiger partial charge in [0.2, 0.25) is 5.91 Å². The van der Waals surface area contributed by atoms with Crippen LogP contribution in [-0.4, -0.2) is 50.7 Å². The van der Waals surface area contributed by atoms with Gasteiger partial charge in [0, 0.05) is 54.9 Å². The standard InChI is InChI=1S/C26H27N5O3S/c1-30-14-11-19-20(9-6-10-21(19)30)28-24(33)17-7-5-8-18(15-17)27-23(32)16-22-25(34)29-26(35-22)31-12-3-2-4-13-31/h5-11,14-15,22H,2-4,12-13,16H2,1H3,(H,27,32)(H,28,33). The first-order valence-electron chi connectivity index (χ1n) is 11.8. The Morgan fingerprint density at radius 3 is 2.69 bits per heavy atom. The van der Waals surface area contributed by atoms with Crippen LogP contribution >= 0.6 is 11.8 Å². The van der Waals surface area contributed by atoms with E-state index in [0.29, 0.717) is 11.3 Å². The fourth-order valence-corrected chi connectivity index (χ4v) is 5.57. The highest BCUT2D eigenvalue weighted by Crippen LogP contribution is 2.29. The van der Waals surface area contributed by atoms with E-state index in [4.69, 9.17) is 0 Å². The number of hydrogen-bond donors (Lipinski definition) is 2. The highest BCUT2D eigenvalue weighted by atomic mass is 32.2. The lowest BCUT2D eigenvalue weighted by molar-refractivity contribution is -0.121. The van der Waals surface area contributed by atoms with Crippen LogP contribution in [0.1, 0.15) is 36.0 Å². The van der Waals surface area contributed by atoms with Gasteiger partial charge in [-0.2, -0.15) is 4.99 Å². The number of piperidine rings is 1. The van der Waals surface area contributed by atoms with Crippen LogP contribution in [0.25, 0.3) is 10.9 Å². The molecule has 9 heteroatoms. The van der Waals surface area contributed by atoms with Gasteiger partial charge < -0.3 is 20.1 Å². The molecule has 3 aromatic rings. The molecule has 35 heavy (non-hydrogen) atoms. The minimum absolute atomic E-state index is 0.0385. The van der Waals surface area contributed by atoms with Gasteiger partial charge in [0.15, 0.2) is 5.17 Å². The number of thioether (sulfide) groups is 1. The summed E-state index contributed by atoms with van der Waals surface area (Å²) >= 11 is 1.38. The predicted molar refractivity (Wildman–Crippen MR) is 140 cm³/mol. The molecule has 3 heterocycles. The second-order valence-electron chi connectivity index (χ2n) is 8.84. The normalized spacial score (nSPS) is 18.0. The maximum atomic E-state index is 12.9. The SMILES string of the molecule is Cn1ccc2c(NC(=O)c3cccc(NC(=O)CC4SC(N5CCCCC5)=NC4=O)c3)cccc21. The van der Waals surface area contributed by atoms with Crippen LogP contribution in [0.5, 0.6) is 0 Å². The largest absolute Gasteiger partial charge is 0.351 e. The second kappa shape index (κ2) is 9.95. The molecular formula is C26H27N5O3S. The summed E-state index contributed by atoms with van der Waals surface area (Å²) < 4.78 is 2.00. The number of likely N-dealkylation sites (tertiary alicyclic amines) is 1. The van der Waals surface area contributed by atoms with Crippen LogP contribution in [0.4, 0.5) is 11.4 Å². The Hall–Kier alpha value is -3.59. The summed E-state index contributed by atoms with van der Waals surface area (Å²) in [5.74, 6) is -0.801. The Morgan fingerprint density at radius 2 is 1.86 bits per heavy atom. The number of aliphatic imine (C=N–C) groups is 1. The van der Waals surface area contributed by atoms with Crippen LogP contribution < -0.4 is 10.6 Å². The van der Waals surface area contributed by atoms with Crippen molar-refractivity contribution < 1.29 is 14.4 Å². The van der Waals surface area contributed by atoms with Gasteiger partial charge in [0.05, 0.1) is 5.69 Å². The summed E-state index contributed by atoms with van der Waals surface area (Å²) in [5, 5.41) is 6.97. The molecule has 1 aromatic heterocycles. The monoisotopic (exact) mass is 489 g/mol. The summed E-state index contributed by atoms with van der Waals surface area (Å²) in [7, 11) is 1.96. The number of rotatable bonds is 5. The number of hydrogen-bond acceptors (Lipinski definition) is 5. The van der Waals surface area contributed by atoms with Gasteiger partial charge in [-0.05, 0) is 55.7 Å². The summed E-state index contributed by atoms with van der Waals surface area (Å²) in [6.45, 7) is 1.82. The quantitative estimate of drug-likeness (QED) is 0.559. The Bertz CT molecular complexity index is 1330. The average Bonchev–Trinajstić information content (AvgIpc) is 3.43. The van der Waals surface area contributed by atoms with Crippen molar-refractivity contribution in [1.29, 1.82) is 0 Å². The minimum Gasteiger partial charge on any atom is -0.351 e. The van der Waals surface area contributed by atoms with E-state index in [1.165, 1.54) is 18.2 Å². The third kappa shape index (κ3) is 5.09. The van der Waals surface area contributed by atoms with Gasteiger partial charge in [-0.25, -0.2) is 0 Å². The molecule has 0 spiro atoms. The molecule has 3 amide bonds. The van der Waals surface area contributed by atoms with Gasteiger partial charge in [0.1, 0.15) is 5.25 Å². The molecule has 1 atom stereocenters. The van der Waals surface area contributed by atoms with Crippen LogP contribution in [0, 0.1) is 0 Å². The van der Waals surface area contributed by atoms with Crippen molar-refractivity contribution in [2.24, 2.45) is 12.0 Å². The zero-order valence-electron chi connectivity index (χ0n) is 19.5. The highest BCUT2D eigenvalue weighted by Gasteiger charge is 2.33. The summed E-state index contributed by atoms with van der Waals surface area (Å²) in [4.78, 5) is 44.3. The number of aromatic nitrogens is 1. The Balaban J connectivity index is 1.20. The lowest BCUT2D eigenvalue weighted by Gasteiger charge is -2.27. The van der Waals surface area contributed by atoms with Crippen LogP contribution in [0.15, 0.2) is 59.7 Å². The summed E-state index contributed by atoms with van der Waals surface area (Å²) in [6.07, 6.45) is 5.39. The molecule has 2 N–H and O–H groups in total. The summed E-state index contributed by atoms with van der Waals surface area (Å²) in [6, 6.07) is 14.5. The van der Waals surface area contributed by atoms with Gasteiger partial charge in [0.25, 0.3) is 11.8 Å². The third-order valence-electron chi connectivity index (χ3n) is 6.31. The molecule has 2 aliphatic rings. The lowest BCUT2D eigenvalue weighted by Crippen LogP contribution is -2.33. The number of carbonyl (C=O) groups is 3. The molecule has 8 nitrogen and oxygen atoms in total. The molecule has 0 aliphatic carbocycles. The molecule has 0 radical (unpaired) electrons. The molecule has 1 saturated heterocycles. The van der Waals surface area contributed by atoms with E-state index >= 15 is 0 Å². The number of amides is 3. The highest BCUT2D eigenvalue weighted by molar-refractivity contribution is 8.15. The van der Waals surface area contributed by atoms with Crippen molar-refractivity contribution in [1.82, 2.24) is 9.47 Å². The zero-order valence-corrected chi connectivity index (χ0v) is 20.3. The lowest BCUT2D eigenvalue weighted by atomic mass is 10.1. The molecule has 0 saturated carbocycles. The second-order valence-corrected chi connectivity index (χ2v) is 10.0. The van der Waals surface area contributed by atoms with Gasteiger partial charge in [-0.15, -0.1) is 0 Å². The first-order chi connectivity index (χ1) is 17.0. The molecule has 2 aliphatic heterocycles. The number of anilines is 2. The topological polar surface area (TPSA) is 95.8 Å². The van der Waals surface area contributed by atoms with Gasteiger partial charge in [-0.1, -0.05) is 23.9 Å². The number of benzene rings is 2. The molecule has 5 rings (SSSR count). The van der Waals surface area contributed by atoms with Crippen molar-refractivity contribution in [2.45, 2.75) is 30.9 Å². The van der Waals surface area contributed by atoms with Gasteiger partial charge in [-0.3, -0.25) is 14.4 Å². The predicted octanol–water partition coefficient (Wildman–Crippen LogP) is 4.24. The van der Waals surface area contributed by atoms with E-state index in [0.717, 1.165) is 47.7 Å². The Labute approximate surface area is 207 Å². The molecule has 180 valence electrons. The molecule has 1 unspecified atom stereocenters. The molecule has 0 bridgehead atoms. The minimum atomic E-state index is -0.509. The Kier molecular flexibility index (Phi) is 6.59. The van der Waals surface area contributed by atoms with Gasteiger partial charge >= 0.3 is 0 Å². The first-order valence-corrected chi connectivity index (χ1v) is 12.7. The number of amidine groups is 1. The Morgan fingerprint density at radius 1 is 1.06 bits per heavy atom. The van der Waals surface area contributed by atoms with Crippen LogP contribution in [0.3, 0.4) is 0 Å². The number of fused-ring (bicyclic) bond motifs is 1. The number of nitrogens with one attached hydrogen (secondary N) is 2. The van der Waals surface area contributed by atoms with Crippen LogP contribution in [0.2, 0.25) is 0 Å². The van der Waals surface area contributed by atoms with E-state index < -0.39 is 5.25 Å². The van der Waals surface area contributed by atoms with Crippen molar-refractivity contribution in [3.8, 4) is 0 Å². The van der Waals surface area contributed by atoms with E-state index in [9.17, 15) is 14.4 Å². The molecule has 1 fully saturated rings. The van der Waals surface area contributed by atoms with E-state index in [1.807, 2.05) is 42.1 Å². The first kappa shape index (κ1) is 23.2. The van der Waals surface area contributed by atoms with Crippen molar-refractivity contribution in [3.63, 3.8) is 0 Å². The zero-order chi connectivity index (χ0) is 24.4. The number of carbonyl (C=O) groups excluding carboxylic acids is 3. The van der Waals surface area contributed by atoms with Crippen LogP contribution in [-0.2, 0) is 16.6 Å². The van der Waals surface area contributed by atoms with Crippen molar-refractivity contribution >= 4 is 56.9 Å². The average molecular weight is 490 g/mol. The fourth-order valence-electron chi connectivity index (χ4n) is 4.45. The van der Waals surface area contributed by atoms with E-state index in [1.54, 1.807) is 24.3 Å². The van der Waals surface area contributed by atoms with Crippen molar-refractivity contribution in [2.75, 3.05) is 23.7 Å². The van der Waals surface area contributed by atoms with Crippen molar-refractivity contribution in [3.05, 3.63) is 60.3 Å². The van der Waals surface area contributed by atoms with E-state index in [-0.39, 0.29) is 24.1 Å². The number of aryl methyl sites for hydroxylation is 1. The third-order valence-corrected chi connectivity index (χ3v) is 7.52. The maximum Gasteiger partial charge on any atom is 0.262 e. The smallest absolute Gasteiger partial charge is 0.262 e. The maximum absolute atomic E-state index is 12.9. The summed E-state index contributed by atoms with van der Waals surface area (Å²) in [5.41, 5.74) is 2.69. The van der Waals surface area contributed by atoms with E-state index in [2.05, 4.69) is 20.5 Å². The molecular weight excluding hydrogens is 462 g/mol. The molecule has 2 aromatic carbocycles.